The maximum atomic E-state index is 10.9. The van der Waals surface area contributed by atoms with Crippen molar-refractivity contribution in [1.82, 2.24) is 10.0 Å². The van der Waals surface area contributed by atoms with Crippen LogP contribution in [0.3, 0.4) is 0 Å². The van der Waals surface area contributed by atoms with Gasteiger partial charge in [0.25, 0.3) is 0 Å². The molecule has 1 atom stereocenters. The van der Waals surface area contributed by atoms with Crippen molar-refractivity contribution in [2.75, 3.05) is 13.1 Å². The molecule has 4 nitrogen and oxygen atoms in total. The van der Waals surface area contributed by atoms with E-state index in [4.69, 9.17) is 0 Å². The summed E-state index contributed by atoms with van der Waals surface area (Å²) in [5, 5.41) is 3.42. The Balaban J connectivity index is 2.46. The van der Waals surface area contributed by atoms with Crippen LogP contribution in [0.15, 0.2) is 0 Å². The van der Waals surface area contributed by atoms with Crippen molar-refractivity contribution in [3.05, 3.63) is 0 Å². The van der Waals surface area contributed by atoms with Crippen LogP contribution in [-0.2, 0) is 10.9 Å². The molecule has 17 heavy (non-hydrogen) atoms. The lowest BCUT2D eigenvalue weighted by Crippen LogP contribution is -2.42. The van der Waals surface area contributed by atoms with Gasteiger partial charge in [0, 0.05) is 5.54 Å². The molecule has 5 heteroatoms. The van der Waals surface area contributed by atoms with Crippen LogP contribution in [0.5, 0.6) is 0 Å². The largest absolute Gasteiger partial charge is 0.317 e. The van der Waals surface area contributed by atoms with Crippen molar-refractivity contribution in [3.8, 4) is 0 Å². The summed E-state index contributed by atoms with van der Waals surface area (Å²) in [5.74, 6) is 0. The molecule has 0 spiro atoms. The summed E-state index contributed by atoms with van der Waals surface area (Å²) in [7, 11) is -2.49. The Morgan fingerprint density at radius 3 is 2.29 bits per heavy atom. The van der Waals surface area contributed by atoms with Crippen molar-refractivity contribution in [2.24, 2.45) is 0 Å². The first-order chi connectivity index (χ1) is 8.12. The van der Waals surface area contributed by atoms with Gasteiger partial charge in [-0.25, -0.2) is 13.1 Å². The average molecular weight is 262 g/mol. The third-order valence-corrected chi connectivity index (χ3v) is 4.25. The SMILES string of the molecule is CC1(N[SH](=O)=O)CCCCCCCNCCC1. The summed E-state index contributed by atoms with van der Waals surface area (Å²) < 4.78 is 24.5. The number of rotatable bonds is 2. The first kappa shape index (κ1) is 14.9. The number of thiol groups is 1. The Kier molecular flexibility index (Phi) is 7.08. The van der Waals surface area contributed by atoms with E-state index in [1.807, 2.05) is 6.92 Å². The molecule has 1 aliphatic rings. The van der Waals surface area contributed by atoms with Crippen molar-refractivity contribution in [1.29, 1.82) is 0 Å². The van der Waals surface area contributed by atoms with E-state index < -0.39 is 10.9 Å². The molecule has 1 rings (SSSR count). The summed E-state index contributed by atoms with van der Waals surface area (Å²) in [5.41, 5.74) is -0.240. The molecule has 0 bridgehead atoms. The molecule has 0 aromatic heterocycles. The Morgan fingerprint density at radius 2 is 1.53 bits per heavy atom. The van der Waals surface area contributed by atoms with E-state index in [9.17, 15) is 8.42 Å². The Morgan fingerprint density at radius 1 is 0.941 bits per heavy atom. The second-order valence-electron chi connectivity index (χ2n) is 5.30. The number of hydrogen-bond acceptors (Lipinski definition) is 3. The van der Waals surface area contributed by atoms with E-state index in [0.29, 0.717) is 0 Å². The number of nitrogens with one attached hydrogen (secondary N) is 2. The summed E-state index contributed by atoms with van der Waals surface area (Å²) in [6.45, 7) is 4.12. The molecule has 1 fully saturated rings. The Bertz CT molecular complexity index is 260. The Labute approximate surface area is 107 Å². The zero-order chi connectivity index (χ0) is 12.6. The van der Waals surface area contributed by atoms with Crippen LogP contribution >= 0.6 is 0 Å². The van der Waals surface area contributed by atoms with Gasteiger partial charge in [0.2, 0.25) is 10.9 Å². The lowest BCUT2D eigenvalue weighted by molar-refractivity contribution is 0.333. The van der Waals surface area contributed by atoms with Gasteiger partial charge in [-0.2, -0.15) is 0 Å². The summed E-state index contributed by atoms with van der Waals surface area (Å²) >= 11 is 0. The maximum absolute atomic E-state index is 10.9. The predicted octanol–water partition coefficient (Wildman–Crippen LogP) is 1.59. The van der Waals surface area contributed by atoms with E-state index in [1.54, 1.807) is 0 Å². The maximum Gasteiger partial charge on any atom is 0.201 e. The van der Waals surface area contributed by atoms with E-state index >= 15 is 0 Å². The highest BCUT2D eigenvalue weighted by Gasteiger charge is 2.23. The lowest BCUT2D eigenvalue weighted by atomic mass is 9.90. The van der Waals surface area contributed by atoms with Crippen LogP contribution in [0.2, 0.25) is 0 Å². The van der Waals surface area contributed by atoms with Gasteiger partial charge in [-0.3, -0.25) is 0 Å². The van der Waals surface area contributed by atoms with Crippen LogP contribution in [0.25, 0.3) is 0 Å². The van der Waals surface area contributed by atoms with Crippen LogP contribution in [0.1, 0.15) is 58.3 Å². The highest BCUT2D eigenvalue weighted by atomic mass is 32.2. The van der Waals surface area contributed by atoms with Crippen LogP contribution in [0.4, 0.5) is 0 Å². The zero-order valence-corrected chi connectivity index (χ0v) is 11.7. The fraction of sp³-hybridized carbons (Fsp3) is 1.00. The molecule has 102 valence electrons. The fourth-order valence-corrected chi connectivity index (χ4v) is 3.15. The third kappa shape index (κ3) is 7.01. The molecule has 2 N–H and O–H groups in total. The molecule has 0 saturated carbocycles. The van der Waals surface area contributed by atoms with E-state index in [-0.39, 0.29) is 5.54 Å². The molecular weight excluding hydrogens is 236 g/mol. The van der Waals surface area contributed by atoms with Crippen LogP contribution < -0.4 is 10.0 Å². The summed E-state index contributed by atoms with van der Waals surface area (Å²) in [6, 6.07) is 0. The quantitative estimate of drug-likeness (QED) is 0.662. The molecule has 1 heterocycles. The van der Waals surface area contributed by atoms with Crippen molar-refractivity contribution < 1.29 is 8.42 Å². The van der Waals surface area contributed by atoms with Gasteiger partial charge in [0.05, 0.1) is 0 Å². The van der Waals surface area contributed by atoms with Gasteiger partial charge < -0.3 is 5.32 Å². The van der Waals surface area contributed by atoms with E-state index in [0.717, 1.165) is 38.8 Å². The minimum atomic E-state index is -2.49. The third-order valence-electron chi connectivity index (χ3n) is 3.53. The van der Waals surface area contributed by atoms with Gasteiger partial charge in [0.1, 0.15) is 0 Å². The first-order valence-corrected chi connectivity index (χ1v) is 7.93. The Hall–Kier alpha value is -0.130. The van der Waals surface area contributed by atoms with Crippen molar-refractivity contribution in [2.45, 2.75) is 63.8 Å². The lowest BCUT2D eigenvalue weighted by Gasteiger charge is -2.28. The monoisotopic (exact) mass is 262 g/mol. The molecule has 0 amide bonds. The van der Waals surface area contributed by atoms with E-state index in [2.05, 4.69) is 10.0 Å². The normalized spacial score (nSPS) is 29.5. The van der Waals surface area contributed by atoms with Gasteiger partial charge in [-0.05, 0) is 45.7 Å². The van der Waals surface area contributed by atoms with Gasteiger partial charge in [-0.1, -0.05) is 25.7 Å². The average Bonchev–Trinajstić information content (AvgIpc) is 2.22. The second kappa shape index (κ2) is 8.06. The predicted molar refractivity (Wildman–Crippen MR) is 71.7 cm³/mol. The van der Waals surface area contributed by atoms with Crippen molar-refractivity contribution >= 4 is 10.9 Å². The van der Waals surface area contributed by atoms with Crippen molar-refractivity contribution in [3.63, 3.8) is 0 Å². The first-order valence-electron chi connectivity index (χ1n) is 6.75. The standard InChI is InChI=1S/C12H26N2O2S/c1-12(14-17(15)16)8-5-3-2-4-6-10-13-11-7-9-12/h13,17H,2-11H2,1H3,(H,14,15,16). The molecule has 1 unspecified atom stereocenters. The zero-order valence-electron chi connectivity index (χ0n) is 10.8. The minimum Gasteiger partial charge on any atom is -0.317 e. The molecule has 0 radical (unpaired) electrons. The highest BCUT2D eigenvalue weighted by molar-refractivity contribution is 7.70. The molecule has 0 aromatic carbocycles. The molecule has 0 aliphatic carbocycles. The fourth-order valence-electron chi connectivity index (χ4n) is 2.48. The topological polar surface area (TPSA) is 58.2 Å². The van der Waals surface area contributed by atoms with Gasteiger partial charge in [0.15, 0.2) is 0 Å². The van der Waals surface area contributed by atoms with Gasteiger partial charge in [-0.15, -0.1) is 0 Å². The minimum absolute atomic E-state index is 0.240. The smallest absolute Gasteiger partial charge is 0.201 e. The number of hydrogen-bond donors (Lipinski definition) is 3. The summed E-state index contributed by atoms with van der Waals surface area (Å²) in [4.78, 5) is 0. The highest BCUT2D eigenvalue weighted by Crippen LogP contribution is 2.21. The van der Waals surface area contributed by atoms with Crippen LogP contribution in [0, 0.1) is 0 Å². The second-order valence-corrected chi connectivity index (χ2v) is 6.04. The summed E-state index contributed by atoms with van der Waals surface area (Å²) in [6.07, 6.45) is 9.06. The molecule has 1 saturated heterocycles. The molecular formula is C12H26N2O2S. The van der Waals surface area contributed by atoms with E-state index in [1.165, 1.54) is 25.7 Å². The van der Waals surface area contributed by atoms with Crippen LogP contribution in [-0.4, -0.2) is 27.0 Å². The molecule has 0 aromatic rings. The van der Waals surface area contributed by atoms with Gasteiger partial charge >= 0.3 is 0 Å². The molecule has 1 aliphatic heterocycles.